The quantitative estimate of drug-likeness (QED) is 0.00777. The number of hydrogen-bond donors (Lipinski definition) is 10. The number of nitrogens with two attached hydrogens (primary N) is 3. The highest BCUT2D eigenvalue weighted by Crippen LogP contribution is 2.42. The van der Waals surface area contributed by atoms with E-state index in [9.17, 15) is 24.0 Å². The Labute approximate surface area is 787 Å². The van der Waals surface area contributed by atoms with Gasteiger partial charge in [-0.15, -0.1) is 24.0 Å². The van der Waals surface area contributed by atoms with Crippen molar-refractivity contribution in [3.05, 3.63) is 187 Å². The number of aldehydes is 1. The average Bonchev–Trinajstić information content (AvgIpc) is 1.78. The van der Waals surface area contributed by atoms with E-state index < -0.39 is 16.4 Å². The summed E-state index contributed by atoms with van der Waals surface area (Å²) in [4.78, 5) is 62.7. The molecule has 128 heavy (non-hydrogen) atoms. The number of nitriles is 3. The number of ether oxygens (including phenoxy) is 10. The predicted octanol–water partition coefficient (Wildman–Crippen LogP) is 17.4. The number of para-hydroxylation sites is 2. The van der Waals surface area contributed by atoms with Gasteiger partial charge in [-0.3, -0.25) is 18.8 Å². The number of H-pyrrole nitrogens is 1. The summed E-state index contributed by atoms with van der Waals surface area (Å²) in [6.45, 7) is 6.41. The van der Waals surface area contributed by atoms with Crippen molar-refractivity contribution in [2.75, 3.05) is 70.0 Å². The van der Waals surface area contributed by atoms with Gasteiger partial charge in [-0.2, -0.15) is 15.8 Å². The number of amides is 2. The van der Waals surface area contributed by atoms with Crippen LogP contribution in [0.3, 0.4) is 0 Å². The second-order valence-electron chi connectivity index (χ2n) is 24.5. The Morgan fingerprint density at radius 1 is 0.602 bits per heavy atom. The van der Waals surface area contributed by atoms with Crippen LogP contribution in [-0.4, -0.2) is 155 Å². The van der Waals surface area contributed by atoms with Crippen LogP contribution >= 0.6 is 139 Å². The van der Waals surface area contributed by atoms with Crippen molar-refractivity contribution in [1.29, 1.82) is 15.8 Å². The summed E-state index contributed by atoms with van der Waals surface area (Å²) in [5, 5.41) is 72.6. The smallest absolute Gasteiger partial charge is 0.241 e. The van der Waals surface area contributed by atoms with Gasteiger partial charge in [-0.05, 0) is 118 Å². The summed E-state index contributed by atoms with van der Waals surface area (Å²) in [5.74, 6) is 9.76. The first-order valence-electron chi connectivity index (χ1n) is 36.3. The number of oxime groups is 1. The minimum absolute atomic E-state index is 0. The van der Waals surface area contributed by atoms with Crippen molar-refractivity contribution in [2.24, 2.45) is 22.5 Å². The van der Waals surface area contributed by atoms with Crippen molar-refractivity contribution in [2.45, 2.75) is 31.9 Å². The molecular weight excluding hydrogens is 1930 g/mol. The van der Waals surface area contributed by atoms with E-state index in [0.717, 1.165) is 52.9 Å². The number of thiazole rings is 2. The number of halogens is 8. The molecule has 0 radical (unpaired) electrons. The molecule has 0 saturated carbocycles. The Morgan fingerprint density at radius 2 is 0.930 bits per heavy atom. The predicted molar refractivity (Wildman–Crippen MR) is 500 cm³/mol. The lowest BCUT2D eigenvalue weighted by Crippen LogP contribution is -2.18. The first-order valence-corrected chi connectivity index (χ1v) is 43.5. The van der Waals surface area contributed by atoms with Gasteiger partial charge in [0, 0.05) is 96.9 Å². The SMILES string of the molecule is CC(C)O.CCO.Cl.N#Cc1cc2cc3c(cc2[nH]c1=S)OCO3.N#Cc1cc2cc3c(cc2nc1Cl)OCO3.N#Cc1cc2cc3c(cc2nc1SCC(=O)Nc1nc2ccccc2s1)OCO3.NC(N)=S.NO.O/N=C/c1cc2cc3c(cc2nc1Cl)OCO3.O=C(CCl)Nc1nc2ccccc2s1.O=Cc1cc2cc3c(cc2nc1Cl)OCO3.O=S(Cl)Cl.[2H]CF. The maximum atomic E-state index is 12.4. The summed E-state index contributed by atoms with van der Waals surface area (Å²) >= 11 is 36.2. The van der Waals surface area contributed by atoms with Crippen LogP contribution in [-0.2, 0) is 18.8 Å². The molecule has 14 aromatic rings. The van der Waals surface area contributed by atoms with Crippen molar-refractivity contribution in [3.63, 3.8) is 0 Å². The fourth-order valence-corrected chi connectivity index (χ4v) is 14.1. The van der Waals surface area contributed by atoms with Crippen molar-refractivity contribution < 1.29 is 92.3 Å². The van der Waals surface area contributed by atoms with Crippen molar-refractivity contribution in [3.8, 4) is 75.7 Å². The van der Waals surface area contributed by atoms with E-state index in [2.05, 4.69) is 108 Å². The molecule has 0 fully saturated rings. The molecule has 7 aromatic carbocycles. The van der Waals surface area contributed by atoms with Gasteiger partial charge in [0.1, 0.15) is 49.2 Å². The number of carbonyl (C=O) groups excluding carboxylic acids is 3. The lowest BCUT2D eigenvalue weighted by Gasteiger charge is -2.06. The Hall–Kier alpha value is -11.9. The van der Waals surface area contributed by atoms with E-state index in [1.54, 1.807) is 93.6 Å². The maximum absolute atomic E-state index is 12.4. The topological polar surface area (TPSA) is 520 Å². The maximum Gasteiger partial charge on any atom is 0.241 e. The lowest BCUT2D eigenvalue weighted by atomic mass is 10.1. The third-order valence-corrected chi connectivity index (χ3v) is 20.0. The Morgan fingerprint density at radius 3 is 1.31 bits per heavy atom. The molecule has 12 heterocycles. The zero-order valence-corrected chi connectivity index (χ0v) is 76.3. The number of aromatic nitrogens is 7. The van der Waals surface area contributed by atoms with Gasteiger partial charge in [-0.25, -0.2) is 40.0 Å². The third-order valence-electron chi connectivity index (χ3n) is 15.7. The minimum atomic E-state index is -1.67. The molecule has 19 rings (SSSR count). The summed E-state index contributed by atoms with van der Waals surface area (Å²) in [5.41, 5.74) is 16.7. The van der Waals surface area contributed by atoms with Crippen LogP contribution in [0.5, 0.6) is 57.5 Å². The number of anilines is 2. The molecular formula is C80H68Cl7FN16O18S6. The van der Waals surface area contributed by atoms with Gasteiger partial charge in [0.05, 0.1) is 90.8 Å². The number of thiocarbonyl (C=S) groups is 1. The molecule has 668 valence electrons. The summed E-state index contributed by atoms with van der Waals surface area (Å²) in [6, 6.07) is 48.2. The summed E-state index contributed by atoms with van der Waals surface area (Å²) < 4.78 is 79.8. The number of alkyl halides is 2. The molecule has 0 unspecified atom stereocenters. The first kappa shape index (κ1) is 102. The number of nitrogens with zero attached hydrogens (tertiary/aromatic N) is 10. The van der Waals surface area contributed by atoms with Gasteiger partial charge in [0.2, 0.25) is 55.0 Å². The molecule has 2 amide bonds. The first-order chi connectivity index (χ1) is 61.6. The number of pyridine rings is 5. The molecule has 7 aromatic heterocycles. The van der Waals surface area contributed by atoms with Gasteiger partial charge >= 0.3 is 0 Å². The average molecular weight is 2000 g/mol. The molecule has 48 heteroatoms. The number of benzene rings is 7. The van der Waals surface area contributed by atoms with Crippen LogP contribution in [0.15, 0.2) is 150 Å². The molecule has 0 spiro atoms. The highest BCUT2D eigenvalue weighted by atomic mass is 36.0. The largest absolute Gasteiger partial charge is 0.454 e. The van der Waals surface area contributed by atoms with E-state index in [-0.39, 0.29) is 103 Å². The summed E-state index contributed by atoms with van der Waals surface area (Å²) in [7, 11) is 6.36. The fourth-order valence-electron chi connectivity index (χ4n) is 10.7. The number of aromatic amines is 1. The number of thioether (sulfide) groups is 1. The molecule has 0 saturated heterocycles. The Bertz CT molecular complexity index is 6510. The number of nitrogens with one attached hydrogen (secondary N) is 3. The monoisotopic (exact) mass is 2000 g/mol. The number of carbonyl (C=O) groups is 3. The molecule has 5 aliphatic heterocycles. The minimum Gasteiger partial charge on any atom is -0.454 e. The molecule has 0 atom stereocenters. The number of hydrogen-bond acceptors (Lipinski definition) is 34. The molecule has 34 nitrogen and oxygen atoms in total. The molecule has 13 N–H and O–H groups in total. The highest BCUT2D eigenvalue weighted by molar-refractivity contribution is 8.26. The molecule has 0 aliphatic carbocycles. The second kappa shape index (κ2) is 51.8. The van der Waals surface area contributed by atoms with E-state index in [4.69, 9.17) is 143 Å². The van der Waals surface area contributed by atoms with Gasteiger partial charge in [-0.1, -0.05) is 111 Å². The van der Waals surface area contributed by atoms with Crippen molar-refractivity contribution >= 4 is 263 Å². The van der Waals surface area contributed by atoms with E-state index in [1.807, 2.05) is 78.9 Å². The van der Waals surface area contributed by atoms with Gasteiger partial charge in [0.15, 0.2) is 79.2 Å². The van der Waals surface area contributed by atoms with E-state index in [1.165, 1.54) is 40.7 Å². The summed E-state index contributed by atoms with van der Waals surface area (Å²) in [6.07, 6.45) is 1.75. The Balaban J connectivity index is 0.000000206. The van der Waals surface area contributed by atoms with Crippen LogP contribution in [0.4, 0.5) is 14.7 Å². The van der Waals surface area contributed by atoms with Crippen LogP contribution in [0.2, 0.25) is 15.5 Å². The van der Waals surface area contributed by atoms with Crippen LogP contribution in [0.1, 0.15) is 54.8 Å². The number of aliphatic hydroxyl groups is 2. The highest BCUT2D eigenvalue weighted by Gasteiger charge is 2.23. The molecule has 0 bridgehead atoms. The zero-order chi connectivity index (χ0) is 93.1. The van der Waals surface area contributed by atoms with Gasteiger partial charge in [0.25, 0.3) is 0 Å². The molecule has 5 aliphatic rings. The van der Waals surface area contributed by atoms with Crippen LogP contribution in [0, 0.1) is 38.6 Å². The lowest BCUT2D eigenvalue weighted by molar-refractivity contribution is -0.114. The zero-order valence-electron chi connectivity index (χ0n) is 67.1. The van der Waals surface area contributed by atoms with Crippen LogP contribution < -0.4 is 75.4 Å². The second-order valence-corrected chi connectivity index (χ2v) is 32.3. The van der Waals surface area contributed by atoms with E-state index >= 15 is 0 Å². The van der Waals surface area contributed by atoms with Gasteiger partial charge < -0.3 is 95.1 Å². The van der Waals surface area contributed by atoms with Crippen LogP contribution in [0.25, 0.3) is 74.9 Å². The standard InChI is InChI=1S/C20H12N4O3S2.C11H7ClN2O3.C11H5ClN2O2.C11H6ClNO3.C11H6N2O2S.C9H7ClN2OS.C3H8O.C2H6O.CH3F.CH4N2S.Cl2OS.ClH.H3NO/c21-8-12-5-11-6-15-16(27-10-26-15)7-14(11)22-19(12)28-9-18(25)24-20-23-13-3-1-2-4-17(13)29-20;12-11-7(4-13-15)1-6-2-9-10(17-5-16-9)3-8(6)14-11;12-11-7(4-13)1-6-2-9-10(16-5-15-9)3-8(6)14-11;12-11-7(4-14)1-6-2-9-10(16-5-15-9)3-8(6)13-11;12-4-7-1-6-2-9-10(15-5-14-9)3-8(6)13-11(7)16;10-5-8(13)12-9-11-6-3-1-2-4-7(6)14-9;1-3(2)4;1-2-3;1-2;2-1(3)4;1-4(2)3;;1-2/h1-7H,9-10H2,(H,23,24,25);1-4,15H,5H2;1-3H,5H2;1-4H,5H2;1-3H,5H2,(H,13,16);1-4H,5H2,(H,11,12,13);3-4H,1-2H3;3H,2H2,1H3;1H3;(H4,2,3,4);;1H;2H,1H2/b;13-4+;;;;;;;;;;;/i;;;;;;;;1D;;;;. The third kappa shape index (κ3) is 29.6. The number of aliphatic hydroxyl groups excluding tert-OH is 2. The fraction of sp³-hybridized carbons (Fsp3) is 0.163. The van der Waals surface area contributed by atoms with E-state index in [0.29, 0.717) is 134 Å². The Kier molecular flexibility index (Phi) is 41.1. The number of fused-ring (bicyclic) bond motifs is 12. The van der Waals surface area contributed by atoms with Crippen molar-refractivity contribution in [1.82, 2.24) is 34.9 Å². The number of rotatable bonds is 8. The normalized spacial score (nSPS) is 11.6.